The highest BCUT2D eigenvalue weighted by Crippen LogP contribution is 2.72. The van der Waals surface area contributed by atoms with Crippen molar-refractivity contribution in [2.24, 2.45) is 51.6 Å². The van der Waals surface area contributed by atoms with Gasteiger partial charge in [-0.05, 0) is 156 Å². The van der Waals surface area contributed by atoms with E-state index in [2.05, 4.69) is 69.2 Å². The molecular weight excluding hydrogens is 657 g/mol. The largest absolute Gasteiger partial charge is 0.380 e. The van der Waals surface area contributed by atoms with Crippen LogP contribution in [0.25, 0.3) is 0 Å². The summed E-state index contributed by atoms with van der Waals surface area (Å²) in [5.74, 6) is 7.41. The summed E-state index contributed by atoms with van der Waals surface area (Å²) in [6, 6.07) is -0.119. The number of nitrogens with two attached hydrogens (primary N) is 1. The normalized spacial score (nSPS) is 36.4. The maximum Gasteiger partial charge on any atom is 0.267 e. The summed E-state index contributed by atoms with van der Waals surface area (Å²) in [4.78, 5) is 16.0. The van der Waals surface area contributed by atoms with Crippen LogP contribution in [-0.4, -0.2) is 46.6 Å². The Hall–Kier alpha value is -1.84. The van der Waals surface area contributed by atoms with E-state index in [0.29, 0.717) is 22.7 Å². The number of hydrogen-bond acceptors (Lipinski definition) is 5. The van der Waals surface area contributed by atoms with Crippen LogP contribution in [0.2, 0.25) is 0 Å². The summed E-state index contributed by atoms with van der Waals surface area (Å²) in [5, 5.41) is 7.10. The molecule has 0 bridgehead atoms. The Morgan fingerprint density at radius 3 is 2.52 bits per heavy atom. The highest BCUT2D eigenvalue weighted by Gasteiger charge is 2.64. The molecule has 6 heteroatoms. The SMILES string of the molecule is C#CCC(NC(=O)C1=C(C)CSC(C(C=C)NC(=C)CCCC2CCC3C4CCC5CCCCC5(C)C4(C)CCC23C)N1C)C(C)CCC(C)(C)N. The number of likely N-dealkylation sites (N-methyl/N-ethyl adjacent to an activating group) is 1. The van der Waals surface area contributed by atoms with Gasteiger partial charge in [0, 0.05) is 36.5 Å². The van der Waals surface area contributed by atoms with Crippen molar-refractivity contribution in [1.29, 1.82) is 0 Å². The summed E-state index contributed by atoms with van der Waals surface area (Å²) in [5.41, 5.74) is 10.5. The number of rotatable bonds is 15. The second-order valence-electron chi connectivity index (χ2n) is 19.7. The van der Waals surface area contributed by atoms with Gasteiger partial charge in [0.05, 0.1) is 11.4 Å². The average molecular weight is 733 g/mol. The van der Waals surface area contributed by atoms with Crippen LogP contribution in [0.15, 0.2) is 36.2 Å². The van der Waals surface area contributed by atoms with Gasteiger partial charge in [-0.1, -0.05) is 53.2 Å². The maximum absolute atomic E-state index is 13.9. The molecule has 52 heavy (non-hydrogen) atoms. The zero-order valence-electron chi connectivity index (χ0n) is 34.5. The smallest absolute Gasteiger partial charge is 0.267 e. The third-order valence-electron chi connectivity index (χ3n) is 16.0. The summed E-state index contributed by atoms with van der Waals surface area (Å²) in [6.07, 6.45) is 28.1. The molecule has 11 unspecified atom stereocenters. The number of amides is 1. The van der Waals surface area contributed by atoms with Crippen molar-refractivity contribution in [3.05, 3.63) is 36.2 Å². The Labute approximate surface area is 324 Å². The number of carbonyl (C=O) groups is 1. The fraction of sp³-hybridized carbons (Fsp3) is 0.804. The lowest BCUT2D eigenvalue weighted by atomic mass is 9.38. The maximum atomic E-state index is 13.9. The molecular formula is C46H76N4OS. The van der Waals surface area contributed by atoms with E-state index in [9.17, 15) is 4.79 Å². The van der Waals surface area contributed by atoms with Crippen molar-refractivity contribution in [1.82, 2.24) is 15.5 Å². The molecule has 1 amide bonds. The summed E-state index contributed by atoms with van der Waals surface area (Å²) >= 11 is 1.86. The van der Waals surface area contributed by atoms with Gasteiger partial charge in [0.15, 0.2) is 0 Å². The van der Waals surface area contributed by atoms with Crippen LogP contribution in [0, 0.1) is 58.2 Å². The summed E-state index contributed by atoms with van der Waals surface area (Å²) < 4.78 is 0. The van der Waals surface area contributed by atoms with E-state index in [1.54, 1.807) is 0 Å². The molecule has 0 aromatic heterocycles. The Morgan fingerprint density at radius 1 is 1.10 bits per heavy atom. The van der Waals surface area contributed by atoms with Crippen molar-refractivity contribution >= 4 is 17.7 Å². The van der Waals surface area contributed by atoms with Crippen molar-refractivity contribution in [3.63, 3.8) is 0 Å². The van der Waals surface area contributed by atoms with Gasteiger partial charge >= 0.3 is 0 Å². The predicted octanol–water partition coefficient (Wildman–Crippen LogP) is 10.2. The molecule has 11 atom stereocenters. The van der Waals surface area contributed by atoms with E-state index in [-0.39, 0.29) is 34.8 Å². The lowest BCUT2D eigenvalue weighted by Crippen LogP contribution is -2.59. The quantitative estimate of drug-likeness (QED) is 0.116. The lowest BCUT2D eigenvalue weighted by molar-refractivity contribution is -0.174. The molecule has 0 radical (unpaired) electrons. The van der Waals surface area contributed by atoms with Gasteiger partial charge < -0.3 is 21.3 Å². The minimum atomic E-state index is -0.245. The lowest BCUT2D eigenvalue weighted by Gasteiger charge is -2.66. The zero-order chi connectivity index (χ0) is 38.1. The number of terminal acetylenes is 1. The monoisotopic (exact) mass is 733 g/mol. The number of nitrogens with one attached hydrogen (secondary N) is 2. The minimum absolute atomic E-state index is 0.0219. The van der Waals surface area contributed by atoms with Crippen LogP contribution in [0.4, 0.5) is 0 Å². The Bertz CT molecular complexity index is 1370. The molecule has 4 aliphatic carbocycles. The first-order chi connectivity index (χ1) is 24.5. The van der Waals surface area contributed by atoms with Gasteiger partial charge in [-0.3, -0.25) is 4.79 Å². The predicted molar refractivity (Wildman–Crippen MR) is 223 cm³/mol. The van der Waals surface area contributed by atoms with E-state index in [1.807, 2.05) is 38.7 Å². The summed E-state index contributed by atoms with van der Waals surface area (Å²) in [6.45, 7) is 25.2. The van der Waals surface area contributed by atoms with Crippen LogP contribution in [-0.2, 0) is 4.79 Å². The molecule has 5 nitrogen and oxygen atoms in total. The third-order valence-corrected chi connectivity index (χ3v) is 17.5. The van der Waals surface area contributed by atoms with E-state index in [1.165, 1.54) is 77.0 Å². The van der Waals surface area contributed by atoms with Crippen molar-refractivity contribution in [2.45, 2.75) is 174 Å². The van der Waals surface area contributed by atoms with Crippen molar-refractivity contribution < 1.29 is 4.79 Å². The molecule has 0 spiro atoms. The first-order valence-electron chi connectivity index (χ1n) is 21.1. The molecule has 5 rings (SSSR count). The van der Waals surface area contributed by atoms with Gasteiger partial charge in [0.1, 0.15) is 5.70 Å². The molecule has 0 aromatic carbocycles. The Balaban J connectivity index is 1.14. The topological polar surface area (TPSA) is 70.4 Å². The van der Waals surface area contributed by atoms with E-state index in [4.69, 9.17) is 12.2 Å². The Kier molecular flexibility index (Phi) is 13.1. The molecule has 5 aliphatic rings. The van der Waals surface area contributed by atoms with Crippen LogP contribution < -0.4 is 16.4 Å². The molecule has 4 N–H and O–H groups in total. The Morgan fingerprint density at radius 2 is 1.83 bits per heavy atom. The van der Waals surface area contributed by atoms with Crippen LogP contribution in [0.3, 0.4) is 0 Å². The van der Waals surface area contributed by atoms with Gasteiger partial charge in [-0.15, -0.1) is 30.7 Å². The average Bonchev–Trinajstić information content (AvgIpc) is 3.41. The van der Waals surface area contributed by atoms with Crippen LogP contribution >= 0.6 is 11.8 Å². The van der Waals surface area contributed by atoms with Crippen LogP contribution in [0.5, 0.6) is 0 Å². The molecule has 4 fully saturated rings. The van der Waals surface area contributed by atoms with Crippen molar-refractivity contribution in [2.75, 3.05) is 12.8 Å². The molecule has 4 saturated carbocycles. The fourth-order valence-electron chi connectivity index (χ4n) is 12.4. The van der Waals surface area contributed by atoms with E-state index >= 15 is 0 Å². The molecule has 1 aliphatic heterocycles. The molecule has 0 saturated heterocycles. The standard InChI is InChI=1S/C46H76N4OS/c1-12-17-39(31(3)25-27-43(6,7)47)49-41(51)40-32(4)30-52-42(50(40)11)38(13-2)48-33(5)18-16-20-34-21-23-36-37-24-22-35-19-14-15-26-45(35,9)46(37,10)29-28-44(34,36)8/h1,13,31,34-39,42,48H,2,5,14-30,47H2,3-4,6-11H3,(H,49,51). The molecule has 1 heterocycles. The number of hydrogen-bond donors (Lipinski definition) is 3. The number of carbonyl (C=O) groups excluding carboxylic acids is 1. The third kappa shape index (κ3) is 8.22. The van der Waals surface area contributed by atoms with Gasteiger partial charge in [-0.25, -0.2) is 0 Å². The first-order valence-corrected chi connectivity index (χ1v) is 22.2. The van der Waals surface area contributed by atoms with Gasteiger partial charge in [0.2, 0.25) is 0 Å². The number of thioether (sulfide) groups is 1. The van der Waals surface area contributed by atoms with Gasteiger partial charge in [0.25, 0.3) is 5.91 Å². The number of nitrogens with zero attached hydrogens (tertiary/aromatic N) is 1. The van der Waals surface area contributed by atoms with Gasteiger partial charge in [-0.2, -0.15) is 0 Å². The fourth-order valence-corrected chi connectivity index (χ4v) is 13.7. The highest BCUT2D eigenvalue weighted by molar-refractivity contribution is 8.00. The second-order valence-corrected chi connectivity index (χ2v) is 20.8. The van der Waals surface area contributed by atoms with E-state index in [0.717, 1.165) is 65.7 Å². The van der Waals surface area contributed by atoms with Crippen molar-refractivity contribution in [3.8, 4) is 12.3 Å². The highest BCUT2D eigenvalue weighted by atomic mass is 32.2. The number of allylic oxidation sites excluding steroid dienone is 1. The zero-order valence-corrected chi connectivity index (χ0v) is 35.4. The first kappa shape index (κ1) is 41.3. The van der Waals surface area contributed by atoms with E-state index < -0.39 is 0 Å². The number of fused-ring (bicyclic) bond motifs is 5. The second kappa shape index (κ2) is 16.5. The minimum Gasteiger partial charge on any atom is -0.380 e. The van der Waals surface area contributed by atoms with Crippen LogP contribution in [0.1, 0.15) is 151 Å². The molecule has 292 valence electrons. The molecule has 0 aromatic rings. The summed E-state index contributed by atoms with van der Waals surface area (Å²) in [7, 11) is 2.04.